The van der Waals surface area contributed by atoms with Crippen LogP contribution in [0.25, 0.3) is 10.8 Å². The van der Waals surface area contributed by atoms with E-state index in [4.69, 9.17) is 4.74 Å². The molecule has 7 nitrogen and oxygen atoms in total. The van der Waals surface area contributed by atoms with Crippen LogP contribution in [-0.2, 0) is 9.53 Å². The minimum Gasteiger partial charge on any atom is -0.506 e. The molecule has 0 unspecified atom stereocenters. The number of hydrogen-bond acceptors (Lipinski definition) is 5. The lowest BCUT2D eigenvalue weighted by molar-refractivity contribution is -0.129. The Morgan fingerprint density at radius 2 is 1.61 bits per heavy atom. The first-order valence-corrected chi connectivity index (χ1v) is 8.50. The molecule has 3 rings (SSSR count). The molecule has 3 aromatic rings. The Labute approximate surface area is 160 Å². The normalized spacial score (nSPS) is 11.5. The van der Waals surface area contributed by atoms with Crippen LogP contribution in [-0.4, -0.2) is 30.1 Å². The molecule has 0 fully saturated rings. The summed E-state index contributed by atoms with van der Waals surface area (Å²) < 4.78 is 5.37. The number of hydrogen-bond donors (Lipinski definition) is 3. The number of benzene rings is 3. The van der Waals surface area contributed by atoms with E-state index >= 15 is 0 Å². The van der Waals surface area contributed by atoms with E-state index in [9.17, 15) is 19.5 Å². The van der Waals surface area contributed by atoms with Crippen LogP contribution >= 0.6 is 0 Å². The van der Waals surface area contributed by atoms with Crippen molar-refractivity contribution in [2.45, 2.75) is 6.10 Å². The van der Waals surface area contributed by atoms with Gasteiger partial charge in [-0.2, -0.15) is 0 Å². The van der Waals surface area contributed by atoms with E-state index in [1.54, 1.807) is 54.6 Å². The summed E-state index contributed by atoms with van der Waals surface area (Å²) in [6.45, 7) is 0. The lowest BCUT2D eigenvalue weighted by Crippen LogP contribution is -2.41. The summed E-state index contributed by atoms with van der Waals surface area (Å²) in [5.74, 6) is -1.93. The maximum atomic E-state index is 12.7. The number of nitrogens with one attached hydrogen (secondary N) is 2. The van der Waals surface area contributed by atoms with Crippen molar-refractivity contribution in [2.24, 2.45) is 0 Å². The largest absolute Gasteiger partial charge is 0.506 e. The van der Waals surface area contributed by atoms with E-state index < -0.39 is 24.0 Å². The molecule has 0 heterocycles. The van der Waals surface area contributed by atoms with Gasteiger partial charge in [0.25, 0.3) is 5.91 Å². The third-order valence-corrected chi connectivity index (χ3v) is 4.15. The summed E-state index contributed by atoms with van der Waals surface area (Å²) >= 11 is 0. The van der Waals surface area contributed by atoms with Crippen LogP contribution in [0.15, 0.2) is 66.7 Å². The zero-order valence-corrected chi connectivity index (χ0v) is 15.0. The number of carbonyl (C=O) groups excluding carboxylic acids is 3. The van der Waals surface area contributed by atoms with Crippen molar-refractivity contribution in [1.29, 1.82) is 0 Å². The highest BCUT2D eigenvalue weighted by atomic mass is 16.5. The summed E-state index contributed by atoms with van der Waals surface area (Å²) in [5.41, 5.74) is 0.310. The predicted octanol–water partition coefficient (Wildman–Crippen LogP) is 2.90. The van der Waals surface area contributed by atoms with Crippen molar-refractivity contribution in [3.05, 3.63) is 77.9 Å². The average Bonchev–Trinajstić information content (AvgIpc) is 2.72. The zero-order chi connectivity index (χ0) is 20.1. The van der Waals surface area contributed by atoms with Crippen LogP contribution in [0.1, 0.15) is 22.0 Å². The first kappa shape index (κ1) is 18.9. The number of aromatic hydroxyl groups is 1. The van der Waals surface area contributed by atoms with Crippen LogP contribution in [0.3, 0.4) is 0 Å². The topological polar surface area (TPSA) is 105 Å². The van der Waals surface area contributed by atoms with Gasteiger partial charge in [0.2, 0.25) is 6.10 Å². The minimum atomic E-state index is -1.36. The molecule has 0 bridgehead atoms. The fraction of sp³-hybridized carbons (Fsp3) is 0.0952. The molecule has 0 saturated carbocycles. The van der Waals surface area contributed by atoms with Gasteiger partial charge < -0.3 is 15.2 Å². The molecule has 28 heavy (non-hydrogen) atoms. The summed E-state index contributed by atoms with van der Waals surface area (Å²) in [6, 6.07) is 17.7. The van der Waals surface area contributed by atoms with Crippen LogP contribution < -0.4 is 10.6 Å². The van der Waals surface area contributed by atoms with Crippen LogP contribution in [0.4, 0.5) is 4.79 Å². The van der Waals surface area contributed by atoms with E-state index in [0.717, 1.165) is 5.39 Å². The number of rotatable bonds is 4. The highest BCUT2D eigenvalue weighted by molar-refractivity contribution is 6.03. The van der Waals surface area contributed by atoms with Gasteiger partial charge in [0, 0.05) is 18.0 Å². The van der Waals surface area contributed by atoms with Gasteiger partial charge in [0.1, 0.15) is 11.3 Å². The van der Waals surface area contributed by atoms with Gasteiger partial charge in [0.15, 0.2) is 0 Å². The van der Waals surface area contributed by atoms with Crippen LogP contribution in [0, 0.1) is 0 Å². The molecule has 1 atom stereocenters. The molecule has 3 aromatic carbocycles. The molecule has 0 aromatic heterocycles. The molecule has 0 aliphatic rings. The van der Waals surface area contributed by atoms with Gasteiger partial charge in [-0.3, -0.25) is 10.1 Å². The lowest BCUT2D eigenvalue weighted by Gasteiger charge is -2.18. The van der Waals surface area contributed by atoms with Crippen molar-refractivity contribution in [2.75, 3.05) is 7.05 Å². The summed E-state index contributed by atoms with van der Waals surface area (Å²) in [5, 5.41) is 16.1. The van der Waals surface area contributed by atoms with Gasteiger partial charge in [-0.25, -0.2) is 9.59 Å². The molecule has 142 valence electrons. The third kappa shape index (κ3) is 3.93. The van der Waals surface area contributed by atoms with Crippen molar-refractivity contribution < 1.29 is 24.2 Å². The molecule has 7 heteroatoms. The fourth-order valence-corrected chi connectivity index (χ4v) is 2.73. The van der Waals surface area contributed by atoms with Gasteiger partial charge >= 0.3 is 12.0 Å². The van der Waals surface area contributed by atoms with Crippen molar-refractivity contribution >= 4 is 28.7 Å². The Morgan fingerprint density at radius 1 is 0.929 bits per heavy atom. The van der Waals surface area contributed by atoms with Crippen LogP contribution in [0.2, 0.25) is 0 Å². The predicted molar refractivity (Wildman–Crippen MR) is 103 cm³/mol. The molecule has 0 radical (unpaired) electrons. The van der Waals surface area contributed by atoms with Crippen molar-refractivity contribution in [1.82, 2.24) is 10.6 Å². The first-order chi connectivity index (χ1) is 13.5. The Morgan fingerprint density at radius 3 is 2.32 bits per heavy atom. The molecular weight excluding hydrogens is 360 g/mol. The second-order valence-corrected chi connectivity index (χ2v) is 5.95. The molecular formula is C21H18N2O5. The number of esters is 1. The fourth-order valence-electron chi connectivity index (χ4n) is 2.73. The summed E-state index contributed by atoms with van der Waals surface area (Å²) in [6.07, 6.45) is -1.36. The van der Waals surface area contributed by atoms with E-state index in [0.29, 0.717) is 10.9 Å². The summed E-state index contributed by atoms with van der Waals surface area (Å²) in [4.78, 5) is 36.6. The number of phenolic OH excluding ortho intramolecular Hbond substituents is 1. The van der Waals surface area contributed by atoms with E-state index in [2.05, 4.69) is 10.6 Å². The van der Waals surface area contributed by atoms with Crippen LogP contribution in [0.5, 0.6) is 5.75 Å². The summed E-state index contributed by atoms with van der Waals surface area (Å²) in [7, 11) is 1.36. The Bertz CT molecular complexity index is 1030. The van der Waals surface area contributed by atoms with E-state index in [-0.39, 0.29) is 11.3 Å². The first-order valence-electron chi connectivity index (χ1n) is 8.50. The number of phenols is 1. The van der Waals surface area contributed by atoms with Gasteiger partial charge in [0.05, 0.1) is 0 Å². The Balaban J connectivity index is 1.92. The quantitative estimate of drug-likeness (QED) is 0.606. The molecule has 0 aliphatic heterocycles. The van der Waals surface area contributed by atoms with Gasteiger partial charge in [-0.05, 0) is 11.5 Å². The highest BCUT2D eigenvalue weighted by Crippen LogP contribution is 2.30. The number of imide groups is 1. The SMILES string of the molecule is CNC(=O)NC(=O)[C@@H](OC(=O)c1ccc2ccccc2c1O)c1ccccc1. The Hall–Kier alpha value is -3.87. The monoisotopic (exact) mass is 378 g/mol. The van der Waals surface area contributed by atoms with Gasteiger partial charge in [-0.1, -0.05) is 60.7 Å². The maximum Gasteiger partial charge on any atom is 0.343 e. The number of urea groups is 1. The molecule has 0 spiro atoms. The van der Waals surface area contributed by atoms with Crippen molar-refractivity contribution in [3.63, 3.8) is 0 Å². The number of ether oxygens (including phenoxy) is 1. The lowest BCUT2D eigenvalue weighted by atomic mass is 10.0. The second-order valence-electron chi connectivity index (χ2n) is 5.95. The van der Waals surface area contributed by atoms with Crippen molar-refractivity contribution in [3.8, 4) is 5.75 Å². The van der Waals surface area contributed by atoms with E-state index in [1.807, 2.05) is 6.07 Å². The standard InChI is InChI=1S/C21H18N2O5/c1-22-21(27)23-19(25)18(14-8-3-2-4-9-14)28-20(26)16-12-11-13-7-5-6-10-15(13)17(16)24/h2-12,18,24H,1H3,(H2,22,23,25,27)/t18-/m0/s1. The number of fused-ring (bicyclic) bond motifs is 1. The van der Waals surface area contributed by atoms with Gasteiger partial charge in [-0.15, -0.1) is 0 Å². The number of carbonyl (C=O) groups is 3. The zero-order valence-electron chi connectivity index (χ0n) is 15.0. The molecule has 0 aliphatic carbocycles. The molecule has 3 N–H and O–H groups in total. The smallest absolute Gasteiger partial charge is 0.343 e. The molecule has 3 amide bonds. The highest BCUT2D eigenvalue weighted by Gasteiger charge is 2.28. The minimum absolute atomic E-state index is 0.0765. The third-order valence-electron chi connectivity index (χ3n) is 4.15. The van der Waals surface area contributed by atoms with E-state index in [1.165, 1.54) is 13.1 Å². The molecule has 0 saturated heterocycles. The Kier molecular flexibility index (Phi) is 5.55. The number of amides is 3. The maximum absolute atomic E-state index is 12.7. The average molecular weight is 378 g/mol. The second kappa shape index (κ2) is 8.22.